The van der Waals surface area contributed by atoms with E-state index in [2.05, 4.69) is 5.10 Å². The van der Waals surface area contributed by atoms with Crippen LogP contribution < -0.4 is 5.73 Å². The van der Waals surface area contributed by atoms with Crippen LogP contribution in [0.3, 0.4) is 0 Å². The largest absolute Gasteiger partial charge is 0.476 e. The topological polar surface area (TPSA) is 81.1 Å². The molecule has 0 saturated heterocycles. The number of nitrogen functional groups attached to an aromatic ring is 1. The predicted molar refractivity (Wildman–Crippen MR) is 64.7 cm³/mol. The molecule has 0 amide bonds. The van der Waals surface area contributed by atoms with Crippen LogP contribution >= 0.6 is 0 Å². The molecule has 1 heterocycles. The van der Waals surface area contributed by atoms with Crippen molar-refractivity contribution in [1.29, 1.82) is 0 Å². The number of benzene rings is 1. The van der Waals surface area contributed by atoms with Crippen molar-refractivity contribution in [1.82, 2.24) is 9.78 Å². The molecular formula is C12H12FN3O2. The summed E-state index contributed by atoms with van der Waals surface area (Å²) in [6.45, 7) is 2.24. The Morgan fingerprint density at radius 1 is 1.56 bits per heavy atom. The molecule has 0 spiro atoms. The molecule has 0 aliphatic rings. The van der Waals surface area contributed by atoms with Crippen molar-refractivity contribution in [3.8, 4) is 11.1 Å². The third kappa shape index (κ3) is 1.92. The van der Waals surface area contributed by atoms with E-state index in [0.29, 0.717) is 12.1 Å². The summed E-state index contributed by atoms with van der Waals surface area (Å²) in [5, 5.41) is 13.0. The number of hydrogen-bond acceptors (Lipinski definition) is 3. The van der Waals surface area contributed by atoms with Gasteiger partial charge in [-0.1, -0.05) is 12.1 Å². The van der Waals surface area contributed by atoms with Crippen molar-refractivity contribution in [2.24, 2.45) is 0 Å². The SMILES string of the molecule is CCn1nc(C(=O)O)c(-c2cccc(F)c2)c1N. The van der Waals surface area contributed by atoms with E-state index >= 15 is 0 Å². The Kier molecular flexibility index (Phi) is 3.01. The fourth-order valence-corrected chi connectivity index (χ4v) is 1.79. The van der Waals surface area contributed by atoms with Crippen LogP contribution in [0.4, 0.5) is 10.2 Å². The summed E-state index contributed by atoms with van der Waals surface area (Å²) >= 11 is 0. The first-order chi connectivity index (χ1) is 8.54. The third-order valence-corrected chi connectivity index (χ3v) is 2.61. The minimum Gasteiger partial charge on any atom is -0.476 e. The average Bonchev–Trinajstić information content (AvgIpc) is 2.66. The molecule has 2 rings (SSSR count). The summed E-state index contributed by atoms with van der Waals surface area (Å²) in [6.07, 6.45) is 0. The lowest BCUT2D eigenvalue weighted by molar-refractivity contribution is 0.0690. The molecule has 3 N–H and O–H groups in total. The van der Waals surface area contributed by atoms with Gasteiger partial charge in [0.15, 0.2) is 5.69 Å². The maximum atomic E-state index is 13.2. The van der Waals surface area contributed by atoms with Gasteiger partial charge in [0.05, 0.1) is 5.56 Å². The number of halogens is 1. The lowest BCUT2D eigenvalue weighted by Crippen LogP contribution is -2.03. The Morgan fingerprint density at radius 3 is 2.83 bits per heavy atom. The Balaban J connectivity index is 2.69. The first-order valence-electron chi connectivity index (χ1n) is 5.40. The highest BCUT2D eigenvalue weighted by Gasteiger charge is 2.21. The van der Waals surface area contributed by atoms with Gasteiger partial charge in [-0.2, -0.15) is 5.10 Å². The minimum atomic E-state index is -1.19. The zero-order valence-electron chi connectivity index (χ0n) is 9.72. The molecule has 5 nitrogen and oxygen atoms in total. The molecule has 1 aromatic heterocycles. The van der Waals surface area contributed by atoms with Crippen molar-refractivity contribution in [3.05, 3.63) is 35.8 Å². The molecule has 0 bridgehead atoms. The number of carbonyl (C=O) groups is 1. The van der Waals surface area contributed by atoms with Crippen molar-refractivity contribution in [2.45, 2.75) is 13.5 Å². The van der Waals surface area contributed by atoms with E-state index in [1.165, 1.54) is 22.9 Å². The highest BCUT2D eigenvalue weighted by Crippen LogP contribution is 2.30. The van der Waals surface area contributed by atoms with E-state index in [0.717, 1.165) is 0 Å². The summed E-state index contributed by atoms with van der Waals surface area (Å²) in [5.74, 6) is -1.42. The van der Waals surface area contributed by atoms with Gasteiger partial charge >= 0.3 is 5.97 Å². The van der Waals surface area contributed by atoms with Gasteiger partial charge in [-0.15, -0.1) is 0 Å². The van der Waals surface area contributed by atoms with Crippen LogP contribution in [0.25, 0.3) is 11.1 Å². The van der Waals surface area contributed by atoms with Gasteiger partial charge in [0, 0.05) is 6.54 Å². The van der Waals surface area contributed by atoms with E-state index in [1.54, 1.807) is 13.0 Å². The Bertz CT molecular complexity index is 607. The van der Waals surface area contributed by atoms with Gasteiger partial charge in [-0.25, -0.2) is 13.9 Å². The number of carboxylic acids is 1. The number of nitrogens with zero attached hydrogens (tertiary/aromatic N) is 2. The maximum Gasteiger partial charge on any atom is 0.357 e. The molecule has 94 valence electrons. The van der Waals surface area contributed by atoms with E-state index in [4.69, 9.17) is 10.8 Å². The summed E-state index contributed by atoms with van der Waals surface area (Å²) in [6, 6.07) is 5.62. The second kappa shape index (κ2) is 4.48. The van der Waals surface area contributed by atoms with Crippen molar-refractivity contribution < 1.29 is 14.3 Å². The third-order valence-electron chi connectivity index (χ3n) is 2.61. The Labute approximate surface area is 103 Å². The van der Waals surface area contributed by atoms with Crippen molar-refractivity contribution in [2.75, 3.05) is 5.73 Å². The zero-order valence-corrected chi connectivity index (χ0v) is 9.72. The van der Waals surface area contributed by atoms with Crippen molar-refractivity contribution >= 4 is 11.8 Å². The highest BCUT2D eigenvalue weighted by atomic mass is 19.1. The average molecular weight is 249 g/mol. The molecule has 0 aliphatic heterocycles. The smallest absolute Gasteiger partial charge is 0.357 e. The van der Waals surface area contributed by atoms with Crippen LogP contribution in [0.1, 0.15) is 17.4 Å². The van der Waals surface area contributed by atoms with Crippen LogP contribution in [0, 0.1) is 5.82 Å². The quantitative estimate of drug-likeness (QED) is 0.871. The molecule has 6 heteroatoms. The number of carboxylic acid groups (broad SMARTS) is 1. The van der Waals surface area contributed by atoms with Gasteiger partial charge in [0.25, 0.3) is 0 Å². The van der Waals surface area contributed by atoms with Crippen LogP contribution in [0.15, 0.2) is 24.3 Å². The molecule has 0 radical (unpaired) electrons. The van der Waals surface area contributed by atoms with E-state index in [9.17, 15) is 9.18 Å². The summed E-state index contributed by atoms with van der Waals surface area (Å²) in [4.78, 5) is 11.1. The summed E-state index contributed by atoms with van der Waals surface area (Å²) in [5.41, 5.74) is 6.34. The van der Waals surface area contributed by atoms with Crippen LogP contribution in [-0.2, 0) is 6.54 Å². The molecule has 0 saturated carbocycles. The van der Waals surface area contributed by atoms with Gasteiger partial charge in [-0.05, 0) is 24.6 Å². The molecule has 1 aromatic carbocycles. The molecule has 0 fully saturated rings. The van der Waals surface area contributed by atoms with E-state index < -0.39 is 11.8 Å². The monoisotopic (exact) mass is 249 g/mol. The van der Waals surface area contributed by atoms with Crippen LogP contribution in [0.2, 0.25) is 0 Å². The second-order valence-corrected chi connectivity index (χ2v) is 3.74. The van der Waals surface area contributed by atoms with Crippen LogP contribution in [-0.4, -0.2) is 20.9 Å². The molecule has 18 heavy (non-hydrogen) atoms. The summed E-state index contributed by atoms with van der Waals surface area (Å²) < 4.78 is 14.6. The lowest BCUT2D eigenvalue weighted by Gasteiger charge is -2.03. The number of hydrogen-bond donors (Lipinski definition) is 2. The molecular weight excluding hydrogens is 237 g/mol. The van der Waals surface area contributed by atoms with E-state index in [-0.39, 0.29) is 17.1 Å². The second-order valence-electron chi connectivity index (χ2n) is 3.74. The fraction of sp³-hybridized carbons (Fsp3) is 0.167. The number of aryl methyl sites for hydroxylation is 1. The fourth-order valence-electron chi connectivity index (χ4n) is 1.79. The number of aromatic carboxylic acids is 1. The molecule has 0 unspecified atom stereocenters. The minimum absolute atomic E-state index is 0.167. The van der Waals surface area contributed by atoms with E-state index in [1.807, 2.05) is 0 Å². The van der Waals surface area contributed by atoms with Crippen LogP contribution in [0.5, 0.6) is 0 Å². The number of nitrogens with two attached hydrogens (primary N) is 1. The Hall–Kier alpha value is -2.37. The predicted octanol–water partition coefficient (Wildman–Crippen LogP) is 1.99. The van der Waals surface area contributed by atoms with Gasteiger partial charge in [0.1, 0.15) is 11.6 Å². The molecule has 0 aliphatic carbocycles. The summed E-state index contributed by atoms with van der Waals surface area (Å²) in [7, 11) is 0. The highest BCUT2D eigenvalue weighted by molar-refractivity contribution is 5.97. The maximum absolute atomic E-state index is 13.2. The first-order valence-corrected chi connectivity index (χ1v) is 5.40. The molecule has 2 aromatic rings. The standard InChI is InChI=1S/C12H12FN3O2/c1-2-16-11(14)9(10(15-16)12(17)18)7-4-3-5-8(13)6-7/h3-6H,2,14H2,1H3,(H,17,18). The number of aromatic nitrogens is 2. The number of rotatable bonds is 3. The first kappa shape index (κ1) is 12.1. The molecule has 0 atom stereocenters. The Morgan fingerprint density at radius 2 is 2.28 bits per heavy atom. The van der Waals surface area contributed by atoms with Gasteiger partial charge in [-0.3, -0.25) is 0 Å². The van der Waals surface area contributed by atoms with Gasteiger partial charge < -0.3 is 10.8 Å². The van der Waals surface area contributed by atoms with Gasteiger partial charge in [0.2, 0.25) is 0 Å². The lowest BCUT2D eigenvalue weighted by atomic mass is 10.1. The number of anilines is 1. The zero-order chi connectivity index (χ0) is 13.3. The van der Waals surface area contributed by atoms with Crippen molar-refractivity contribution in [3.63, 3.8) is 0 Å². The normalized spacial score (nSPS) is 10.6.